The normalized spacial score (nSPS) is 22.8. The van der Waals surface area contributed by atoms with Crippen LogP contribution in [0.25, 0.3) is 0 Å². The summed E-state index contributed by atoms with van der Waals surface area (Å²) in [6.07, 6.45) is 7.97. The van der Waals surface area contributed by atoms with Crippen molar-refractivity contribution in [2.75, 3.05) is 37.7 Å². The lowest BCUT2D eigenvalue weighted by Crippen LogP contribution is -2.38. The Morgan fingerprint density at radius 2 is 1.79 bits per heavy atom. The summed E-state index contributed by atoms with van der Waals surface area (Å²) in [5.41, 5.74) is 2.75. The summed E-state index contributed by atoms with van der Waals surface area (Å²) in [7, 11) is 0. The number of hydrogen-bond donors (Lipinski definition) is 2. The number of nitrogens with zero attached hydrogens (tertiary/aromatic N) is 5. The number of carbonyl (C=O) groups is 1. The third-order valence-electron chi connectivity index (χ3n) is 8.72. The van der Waals surface area contributed by atoms with Crippen molar-refractivity contribution in [3.8, 4) is 0 Å². The Hall–Kier alpha value is -3.04. The van der Waals surface area contributed by atoms with Crippen LogP contribution < -0.4 is 4.90 Å². The van der Waals surface area contributed by atoms with Gasteiger partial charge in [0.1, 0.15) is 5.82 Å². The van der Waals surface area contributed by atoms with Gasteiger partial charge in [-0.05, 0) is 55.9 Å². The van der Waals surface area contributed by atoms with Gasteiger partial charge < -0.3 is 14.9 Å². The molecule has 4 heterocycles. The van der Waals surface area contributed by atoms with Gasteiger partial charge in [-0.15, -0.1) is 12.4 Å². The molecular weight excluding hydrogens is 507 g/mol. The molecule has 38 heavy (non-hydrogen) atoms. The zero-order valence-electron chi connectivity index (χ0n) is 21.6. The van der Waals surface area contributed by atoms with Gasteiger partial charge in [-0.2, -0.15) is 5.10 Å². The first kappa shape index (κ1) is 26.6. The Labute approximate surface area is 228 Å². The molecule has 6 rings (SSSR count). The highest BCUT2D eigenvalue weighted by molar-refractivity contribution is 5.97. The summed E-state index contributed by atoms with van der Waals surface area (Å²) in [4.78, 5) is 27.0. The summed E-state index contributed by atoms with van der Waals surface area (Å²) in [5.74, 6) is 0.618. The fourth-order valence-electron chi connectivity index (χ4n) is 6.01. The zero-order chi connectivity index (χ0) is 25.6. The van der Waals surface area contributed by atoms with E-state index in [1.165, 1.54) is 12.1 Å². The lowest BCUT2D eigenvalue weighted by Gasteiger charge is -2.32. The highest BCUT2D eigenvalue weighted by Gasteiger charge is 2.48. The minimum absolute atomic E-state index is 0. The van der Waals surface area contributed by atoms with Crippen molar-refractivity contribution in [2.45, 2.75) is 55.8 Å². The molecule has 1 aromatic carbocycles. The minimum atomic E-state index is -0.585. The Morgan fingerprint density at radius 3 is 2.42 bits per heavy atom. The maximum absolute atomic E-state index is 14.1. The minimum Gasteiger partial charge on any atom is -0.395 e. The number of aromatic nitrogens is 4. The monoisotopic (exact) mass is 540 g/mol. The fourth-order valence-corrected chi connectivity index (χ4v) is 6.01. The molecule has 3 fully saturated rings. The van der Waals surface area contributed by atoms with Crippen LogP contribution in [0.5, 0.6) is 0 Å². The predicted octanol–water partition coefficient (Wildman–Crippen LogP) is 3.97. The van der Waals surface area contributed by atoms with E-state index in [0.29, 0.717) is 19.5 Å². The average molecular weight is 541 g/mol. The van der Waals surface area contributed by atoms with Gasteiger partial charge in [0.25, 0.3) is 5.91 Å². The van der Waals surface area contributed by atoms with Crippen LogP contribution >= 0.6 is 12.4 Å². The molecule has 3 aliphatic rings. The molecule has 10 heteroatoms. The summed E-state index contributed by atoms with van der Waals surface area (Å²) in [6.45, 7) is 4.66. The number of hydrogen-bond acceptors (Lipinski definition) is 6. The van der Waals surface area contributed by atoms with E-state index < -0.39 is 5.41 Å². The second-order valence-electron chi connectivity index (χ2n) is 11.2. The van der Waals surface area contributed by atoms with Crippen molar-refractivity contribution in [3.05, 3.63) is 71.1 Å². The molecule has 2 N–H and O–H groups in total. The molecule has 3 aromatic rings. The first-order valence-corrected chi connectivity index (χ1v) is 13.2. The van der Waals surface area contributed by atoms with Gasteiger partial charge in [0.2, 0.25) is 5.95 Å². The summed E-state index contributed by atoms with van der Waals surface area (Å²) in [6, 6.07) is 8.11. The molecule has 1 aliphatic carbocycles. The maximum atomic E-state index is 14.1. The van der Waals surface area contributed by atoms with E-state index in [1.807, 2.05) is 11.0 Å². The quantitative estimate of drug-likeness (QED) is 0.491. The average Bonchev–Trinajstić information content (AvgIpc) is 3.33. The molecule has 2 saturated heterocycles. The number of H-pyrrole nitrogens is 1. The topological polar surface area (TPSA) is 98.2 Å². The molecule has 1 amide bonds. The lowest BCUT2D eigenvalue weighted by atomic mass is 9.80. The third-order valence-corrected chi connectivity index (χ3v) is 8.72. The molecule has 2 aliphatic heterocycles. The van der Waals surface area contributed by atoms with E-state index in [4.69, 9.17) is 5.10 Å². The smallest absolute Gasteiger partial charge is 0.257 e. The van der Waals surface area contributed by atoms with Gasteiger partial charge in [0.05, 0.1) is 23.6 Å². The molecule has 2 aromatic heterocycles. The van der Waals surface area contributed by atoms with Crippen LogP contribution in [0.15, 0.2) is 42.7 Å². The first-order chi connectivity index (χ1) is 17.9. The SMILES string of the molecule is CC1(c2n[nH]c(C3CCN(c4ncccn4)CC3)c2C(=O)N2CCC(CO)(c3ccc(F)cc3)C2)CC1.Cl. The van der Waals surface area contributed by atoms with Crippen molar-refractivity contribution >= 4 is 24.3 Å². The van der Waals surface area contributed by atoms with Gasteiger partial charge in [-0.3, -0.25) is 9.89 Å². The Balaban J connectivity index is 0.00000294. The van der Waals surface area contributed by atoms with Crippen LogP contribution in [0, 0.1) is 5.82 Å². The third kappa shape index (κ3) is 4.66. The number of likely N-dealkylation sites (tertiary alicyclic amines) is 1. The molecule has 0 spiro atoms. The van der Waals surface area contributed by atoms with Gasteiger partial charge in [-0.25, -0.2) is 14.4 Å². The molecule has 1 unspecified atom stereocenters. The van der Waals surface area contributed by atoms with Crippen LogP contribution in [0.1, 0.15) is 72.3 Å². The van der Waals surface area contributed by atoms with Crippen molar-refractivity contribution in [2.24, 2.45) is 0 Å². The molecule has 0 radical (unpaired) electrons. The van der Waals surface area contributed by atoms with E-state index in [-0.39, 0.29) is 42.1 Å². The van der Waals surface area contributed by atoms with E-state index in [2.05, 4.69) is 26.9 Å². The van der Waals surface area contributed by atoms with Crippen molar-refractivity contribution < 1.29 is 14.3 Å². The number of halogens is 2. The van der Waals surface area contributed by atoms with Crippen LogP contribution in [0.3, 0.4) is 0 Å². The van der Waals surface area contributed by atoms with Crippen LogP contribution in [-0.4, -0.2) is 68.9 Å². The highest BCUT2D eigenvalue weighted by Crippen LogP contribution is 2.50. The van der Waals surface area contributed by atoms with Gasteiger partial charge >= 0.3 is 0 Å². The second-order valence-corrected chi connectivity index (χ2v) is 11.2. The van der Waals surface area contributed by atoms with E-state index >= 15 is 0 Å². The molecular formula is C28H34ClFN6O2. The van der Waals surface area contributed by atoms with Crippen LogP contribution in [-0.2, 0) is 10.8 Å². The molecule has 0 bridgehead atoms. The molecule has 1 saturated carbocycles. The fraction of sp³-hybridized carbons (Fsp3) is 0.500. The first-order valence-electron chi connectivity index (χ1n) is 13.2. The number of piperidine rings is 1. The van der Waals surface area contributed by atoms with E-state index in [9.17, 15) is 14.3 Å². The highest BCUT2D eigenvalue weighted by atomic mass is 35.5. The Morgan fingerprint density at radius 1 is 1.11 bits per heavy atom. The van der Waals surface area contributed by atoms with Crippen molar-refractivity contribution in [3.63, 3.8) is 0 Å². The van der Waals surface area contributed by atoms with Crippen molar-refractivity contribution in [1.29, 1.82) is 0 Å². The Kier molecular flexibility index (Phi) is 7.17. The summed E-state index contributed by atoms with van der Waals surface area (Å²) >= 11 is 0. The molecule has 202 valence electrons. The predicted molar refractivity (Wildman–Crippen MR) is 144 cm³/mol. The number of carbonyl (C=O) groups excluding carboxylic acids is 1. The second kappa shape index (κ2) is 10.3. The number of anilines is 1. The number of aliphatic hydroxyl groups excluding tert-OH is 1. The van der Waals surface area contributed by atoms with Crippen molar-refractivity contribution in [1.82, 2.24) is 25.1 Å². The summed E-state index contributed by atoms with van der Waals surface area (Å²) < 4.78 is 13.5. The van der Waals surface area contributed by atoms with Crippen LogP contribution in [0.4, 0.5) is 10.3 Å². The van der Waals surface area contributed by atoms with Crippen LogP contribution in [0.2, 0.25) is 0 Å². The largest absolute Gasteiger partial charge is 0.395 e. The molecule has 1 atom stereocenters. The number of aliphatic hydroxyl groups is 1. The standard InChI is InChI=1S/C28H33FN6O2.ClH/c1-27(9-10-27)24-22(23(32-33-24)19-7-14-34(15-8-19)26-30-12-2-13-31-26)25(37)35-16-11-28(17-35,18-36)20-3-5-21(29)6-4-20;/h2-6,12-13,19,36H,7-11,14-18H2,1H3,(H,32,33);1H. The lowest BCUT2D eigenvalue weighted by molar-refractivity contribution is 0.0770. The van der Waals surface area contributed by atoms with Gasteiger partial charge in [0.15, 0.2) is 0 Å². The zero-order valence-corrected chi connectivity index (χ0v) is 22.4. The number of aromatic amines is 1. The molecule has 8 nitrogen and oxygen atoms in total. The van der Waals surface area contributed by atoms with Gasteiger partial charge in [-0.1, -0.05) is 19.1 Å². The number of benzene rings is 1. The van der Waals surface area contributed by atoms with E-state index in [1.54, 1.807) is 24.5 Å². The summed E-state index contributed by atoms with van der Waals surface area (Å²) in [5, 5.41) is 18.4. The Bertz CT molecular complexity index is 1270. The van der Waals surface area contributed by atoms with Gasteiger partial charge in [0, 0.05) is 55.3 Å². The number of rotatable bonds is 6. The van der Waals surface area contributed by atoms with E-state index in [0.717, 1.165) is 67.2 Å². The number of amides is 1. The number of nitrogens with one attached hydrogen (secondary N) is 1. The maximum Gasteiger partial charge on any atom is 0.257 e.